The number of aromatic nitrogens is 2. The standard InChI is InChI=1S/C46H54N6O6S/c1-8-57-40(53)27-52-28(2)24-50(25-29(52)3)21-22-58-37-17-12-14-32(30(37)4)41-35(46(5,6)7)23-39(48-42(41)44(55)56)51-20-19-31-13-11-15-33(34(31)26-51)43(54)49-45-47-36-16-9-10-18-38(36)59-45/h9-18,23,28-29H,8,19-22,24-27H2,1-7H3,(H,55,56)(H,47,49,54)/t28-,29+. The quantitative estimate of drug-likeness (QED) is 0.119. The lowest BCUT2D eigenvalue weighted by Gasteiger charge is -2.43. The number of para-hydroxylation sites is 1. The maximum atomic E-state index is 13.7. The van der Waals surface area contributed by atoms with Crippen molar-refractivity contribution in [2.24, 2.45) is 0 Å². The molecule has 4 heterocycles. The molecule has 0 aliphatic carbocycles. The van der Waals surface area contributed by atoms with Gasteiger partial charge in [0.1, 0.15) is 18.2 Å². The van der Waals surface area contributed by atoms with E-state index in [9.17, 15) is 19.5 Å². The van der Waals surface area contributed by atoms with E-state index in [-0.39, 0.29) is 36.2 Å². The minimum Gasteiger partial charge on any atom is -0.492 e. The summed E-state index contributed by atoms with van der Waals surface area (Å²) < 4.78 is 12.6. The number of rotatable bonds is 12. The first-order valence-corrected chi connectivity index (χ1v) is 21.2. The van der Waals surface area contributed by atoms with Gasteiger partial charge in [-0.15, -0.1) is 0 Å². The van der Waals surface area contributed by atoms with Crippen LogP contribution >= 0.6 is 11.3 Å². The molecular weight excluding hydrogens is 765 g/mol. The van der Waals surface area contributed by atoms with E-state index in [1.54, 1.807) is 0 Å². The SMILES string of the molecule is CCOC(=O)CN1[C@H](C)CN(CCOc2cccc(-c3c(C(C)(C)C)cc(N4CCc5cccc(C(=O)Nc6nc7ccccc7s6)c5C4)nc3C(=O)O)c2C)C[C@@H]1C. The maximum Gasteiger partial charge on any atom is 0.355 e. The predicted molar refractivity (Wildman–Crippen MR) is 233 cm³/mol. The van der Waals surface area contributed by atoms with E-state index in [1.807, 2.05) is 80.6 Å². The van der Waals surface area contributed by atoms with E-state index < -0.39 is 11.4 Å². The van der Waals surface area contributed by atoms with E-state index in [0.29, 0.717) is 67.1 Å². The average Bonchev–Trinajstić information content (AvgIpc) is 3.61. The number of carboxylic acids is 1. The summed E-state index contributed by atoms with van der Waals surface area (Å²) in [5.74, 6) is -0.300. The second kappa shape index (κ2) is 17.5. The molecule has 1 amide bonds. The number of thiazole rings is 1. The van der Waals surface area contributed by atoms with Gasteiger partial charge in [0.25, 0.3) is 5.91 Å². The van der Waals surface area contributed by atoms with Gasteiger partial charge in [-0.3, -0.25) is 24.7 Å². The van der Waals surface area contributed by atoms with E-state index >= 15 is 0 Å². The van der Waals surface area contributed by atoms with Crippen molar-refractivity contribution in [2.45, 2.75) is 78.9 Å². The summed E-state index contributed by atoms with van der Waals surface area (Å²) in [6, 6.07) is 21.7. The Hall–Kier alpha value is -5.37. The molecule has 1 saturated heterocycles. The van der Waals surface area contributed by atoms with Crippen molar-refractivity contribution in [3.63, 3.8) is 0 Å². The lowest BCUT2D eigenvalue weighted by Crippen LogP contribution is -2.58. The van der Waals surface area contributed by atoms with Crippen LogP contribution in [-0.2, 0) is 27.9 Å². The zero-order valence-corrected chi connectivity index (χ0v) is 35.8. The number of ether oxygens (including phenoxy) is 2. The van der Waals surface area contributed by atoms with Crippen LogP contribution in [0.1, 0.15) is 84.6 Å². The molecule has 12 nitrogen and oxygen atoms in total. The zero-order chi connectivity index (χ0) is 42.0. The van der Waals surface area contributed by atoms with Crippen molar-refractivity contribution < 1.29 is 29.0 Å². The number of anilines is 2. The fourth-order valence-electron chi connectivity index (χ4n) is 8.43. The fraction of sp³-hybridized carbons (Fsp3) is 0.413. The van der Waals surface area contributed by atoms with Crippen LogP contribution in [0.15, 0.2) is 66.7 Å². The first-order chi connectivity index (χ1) is 28.2. The van der Waals surface area contributed by atoms with Crippen molar-refractivity contribution in [3.05, 3.63) is 100 Å². The summed E-state index contributed by atoms with van der Waals surface area (Å²) in [4.78, 5) is 55.2. The van der Waals surface area contributed by atoms with Gasteiger partial charge in [0, 0.05) is 55.9 Å². The highest BCUT2D eigenvalue weighted by atomic mass is 32.1. The van der Waals surface area contributed by atoms with Gasteiger partial charge in [0.2, 0.25) is 0 Å². The van der Waals surface area contributed by atoms with E-state index in [4.69, 9.17) is 14.5 Å². The maximum absolute atomic E-state index is 13.7. The molecule has 0 unspecified atom stereocenters. The summed E-state index contributed by atoms with van der Waals surface area (Å²) in [7, 11) is 0. The predicted octanol–water partition coefficient (Wildman–Crippen LogP) is 7.81. The molecule has 2 aromatic heterocycles. The molecule has 7 rings (SSSR count). The molecule has 2 aliphatic heterocycles. The lowest BCUT2D eigenvalue weighted by atomic mass is 9.80. The van der Waals surface area contributed by atoms with Crippen LogP contribution in [0.25, 0.3) is 21.3 Å². The summed E-state index contributed by atoms with van der Waals surface area (Å²) in [5, 5.41) is 14.3. The molecule has 0 radical (unpaired) electrons. The highest BCUT2D eigenvalue weighted by Gasteiger charge is 2.33. The summed E-state index contributed by atoms with van der Waals surface area (Å²) >= 11 is 1.43. The Labute approximate surface area is 350 Å². The molecule has 2 atom stereocenters. The minimum atomic E-state index is -1.11. The van der Waals surface area contributed by atoms with Crippen molar-refractivity contribution >= 4 is 50.3 Å². The smallest absolute Gasteiger partial charge is 0.355 e. The van der Waals surface area contributed by atoms with Crippen molar-refractivity contribution in [1.29, 1.82) is 0 Å². The first kappa shape index (κ1) is 41.8. The number of piperazine rings is 1. The van der Waals surface area contributed by atoms with Gasteiger partial charge in [-0.25, -0.2) is 14.8 Å². The molecule has 13 heteroatoms. The number of hydrogen-bond acceptors (Lipinski definition) is 11. The van der Waals surface area contributed by atoms with Gasteiger partial charge in [-0.2, -0.15) is 0 Å². The number of nitrogens with zero attached hydrogens (tertiary/aromatic N) is 5. The molecule has 2 aliphatic rings. The van der Waals surface area contributed by atoms with E-state index in [1.165, 1.54) is 11.3 Å². The molecule has 0 spiro atoms. The normalized spacial score (nSPS) is 17.4. The molecule has 0 saturated carbocycles. The van der Waals surface area contributed by atoms with Crippen LogP contribution in [0.5, 0.6) is 5.75 Å². The topological polar surface area (TPSA) is 137 Å². The number of esters is 1. The minimum absolute atomic E-state index is 0.0241. The van der Waals surface area contributed by atoms with Crippen LogP contribution in [0.2, 0.25) is 0 Å². The van der Waals surface area contributed by atoms with Crippen molar-refractivity contribution in [3.8, 4) is 16.9 Å². The summed E-state index contributed by atoms with van der Waals surface area (Å²) in [5.41, 5.74) is 5.93. The number of amides is 1. The van der Waals surface area contributed by atoms with Crippen LogP contribution < -0.4 is 15.0 Å². The van der Waals surface area contributed by atoms with Crippen LogP contribution in [0.4, 0.5) is 10.9 Å². The van der Waals surface area contributed by atoms with E-state index in [2.05, 4.69) is 59.6 Å². The third-order valence-electron chi connectivity index (χ3n) is 11.4. The molecule has 310 valence electrons. The molecule has 1 fully saturated rings. The monoisotopic (exact) mass is 818 g/mol. The number of carbonyl (C=O) groups is 3. The first-order valence-electron chi connectivity index (χ1n) is 20.4. The molecule has 3 aromatic carbocycles. The number of pyridine rings is 1. The fourth-order valence-corrected chi connectivity index (χ4v) is 9.30. The Morgan fingerprint density at radius 2 is 1.73 bits per heavy atom. The number of nitrogens with one attached hydrogen (secondary N) is 1. The Balaban J connectivity index is 1.12. The largest absolute Gasteiger partial charge is 0.492 e. The Morgan fingerprint density at radius 1 is 0.983 bits per heavy atom. The van der Waals surface area contributed by atoms with Gasteiger partial charge in [0.05, 0.1) is 23.4 Å². The van der Waals surface area contributed by atoms with Crippen LogP contribution in [0, 0.1) is 6.92 Å². The van der Waals surface area contributed by atoms with Gasteiger partial charge >= 0.3 is 11.9 Å². The summed E-state index contributed by atoms with van der Waals surface area (Å²) in [6.07, 6.45) is 0.674. The van der Waals surface area contributed by atoms with E-state index in [0.717, 1.165) is 51.1 Å². The van der Waals surface area contributed by atoms with Crippen LogP contribution in [-0.4, -0.2) is 101 Å². The van der Waals surface area contributed by atoms with Gasteiger partial charge in [0.15, 0.2) is 10.8 Å². The Morgan fingerprint density at radius 3 is 2.44 bits per heavy atom. The third-order valence-corrected chi connectivity index (χ3v) is 12.3. The number of aromatic carboxylic acids is 1. The molecular formula is C46H54N6O6S. The molecule has 0 bridgehead atoms. The van der Waals surface area contributed by atoms with Gasteiger partial charge in [-0.05, 0) is 97.7 Å². The number of carboxylic acid groups (broad SMARTS) is 1. The summed E-state index contributed by atoms with van der Waals surface area (Å²) in [6.45, 7) is 18.8. The number of fused-ring (bicyclic) bond motifs is 2. The Bertz CT molecular complexity index is 2330. The second-order valence-electron chi connectivity index (χ2n) is 16.6. The average molecular weight is 819 g/mol. The van der Waals surface area contributed by atoms with Crippen molar-refractivity contribution in [2.75, 3.05) is 56.2 Å². The van der Waals surface area contributed by atoms with Crippen molar-refractivity contribution in [1.82, 2.24) is 19.8 Å². The third kappa shape index (κ3) is 9.12. The zero-order valence-electron chi connectivity index (χ0n) is 35.0. The highest BCUT2D eigenvalue weighted by Crippen LogP contribution is 2.41. The number of carbonyl (C=O) groups excluding carboxylic acids is 2. The highest BCUT2D eigenvalue weighted by molar-refractivity contribution is 7.22. The number of benzene rings is 3. The van der Waals surface area contributed by atoms with Gasteiger partial charge < -0.3 is 19.5 Å². The van der Waals surface area contributed by atoms with Gasteiger partial charge in [-0.1, -0.05) is 68.5 Å². The second-order valence-corrected chi connectivity index (χ2v) is 17.6. The number of hydrogen-bond donors (Lipinski definition) is 2. The lowest BCUT2D eigenvalue weighted by molar-refractivity contribution is -0.146. The molecule has 5 aromatic rings. The van der Waals surface area contributed by atoms with Crippen LogP contribution in [0.3, 0.4) is 0 Å². The molecule has 2 N–H and O–H groups in total. The Kier molecular flexibility index (Phi) is 12.4. The molecule has 59 heavy (non-hydrogen) atoms.